The first-order valence-electron chi connectivity index (χ1n) is 6.90. The number of nitrogens with one attached hydrogen (secondary N) is 2. The van der Waals surface area contributed by atoms with Crippen LogP contribution in [0.5, 0.6) is 0 Å². The fourth-order valence-corrected chi connectivity index (χ4v) is 1.99. The topological polar surface area (TPSA) is 90.0 Å². The molecule has 0 aliphatic rings. The number of fused-ring (bicyclic) bond motifs is 1. The summed E-state index contributed by atoms with van der Waals surface area (Å²) in [6.45, 7) is 3.07. The van der Waals surface area contributed by atoms with E-state index in [1.807, 2.05) is 4.90 Å². The summed E-state index contributed by atoms with van der Waals surface area (Å²) in [6, 6.07) is 0. The number of amides is 1. The van der Waals surface area contributed by atoms with Crippen molar-refractivity contribution in [2.24, 2.45) is 0 Å². The number of hydrogen-bond acceptors (Lipinski definition) is 6. The molecule has 2 aromatic heterocycles. The molecule has 1 amide bonds. The molecule has 2 heterocycles. The molecule has 0 spiro atoms. The number of rotatable bonds is 6. The average molecular weight is 291 g/mol. The van der Waals surface area contributed by atoms with Crippen molar-refractivity contribution in [1.82, 2.24) is 24.8 Å². The number of carbonyl (C=O) groups is 1. The van der Waals surface area contributed by atoms with Gasteiger partial charge in [0.25, 0.3) is 0 Å². The largest absolute Gasteiger partial charge is 0.357 e. The van der Waals surface area contributed by atoms with E-state index in [1.165, 1.54) is 0 Å². The van der Waals surface area contributed by atoms with Crippen LogP contribution in [0.4, 0.5) is 11.8 Å². The molecular formula is C13H21N7O. The van der Waals surface area contributed by atoms with E-state index in [2.05, 4.69) is 32.2 Å². The van der Waals surface area contributed by atoms with Crippen LogP contribution in [0, 0.1) is 0 Å². The summed E-state index contributed by atoms with van der Waals surface area (Å²) < 4.78 is 0. The van der Waals surface area contributed by atoms with Crippen LogP contribution in [0.1, 0.15) is 13.3 Å². The van der Waals surface area contributed by atoms with Crippen LogP contribution in [0.2, 0.25) is 0 Å². The Morgan fingerprint density at radius 2 is 2.14 bits per heavy atom. The summed E-state index contributed by atoms with van der Waals surface area (Å²) in [4.78, 5) is 31.6. The smallest absolute Gasteiger partial charge is 0.241 e. The van der Waals surface area contributed by atoms with Gasteiger partial charge in [0, 0.05) is 27.7 Å². The summed E-state index contributed by atoms with van der Waals surface area (Å²) in [5, 5.41) is 2.92. The highest BCUT2D eigenvalue weighted by atomic mass is 16.2. The second-order valence-corrected chi connectivity index (χ2v) is 4.93. The Kier molecular flexibility index (Phi) is 4.56. The third-order valence-electron chi connectivity index (χ3n) is 3.11. The van der Waals surface area contributed by atoms with Gasteiger partial charge in [-0.3, -0.25) is 4.79 Å². The molecule has 0 unspecified atom stereocenters. The maximum atomic E-state index is 12.0. The van der Waals surface area contributed by atoms with Crippen LogP contribution in [0.15, 0.2) is 6.33 Å². The number of aromatic amines is 1. The number of aromatic nitrogens is 4. The predicted molar refractivity (Wildman–Crippen MR) is 82.4 cm³/mol. The van der Waals surface area contributed by atoms with E-state index in [1.54, 1.807) is 32.4 Å². The Morgan fingerprint density at radius 1 is 1.38 bits per heavy atom. The number of hydrogen-bond donors (Lipinski definition) is 2. The Bertz CT molecular complexity index is 622. The van der Waals surface area contributed by atoms with E-state index in [0.717, 1.165) is 18.5 Å². The molecular weight excluding hydrogens is 270 g/mol. The minimum Gasteiger partial charge on any atom is -0.357 e. The van der Waals surface area contributed by atoms with Crippen LogP contribution < -0.4 is 10.2 Å². The minimum atomic E-state index is 0.0285. The second kappa shape index (κ2) is 6.38. The van der Waals surface area contributed by atoms with Gasteiger partial charge >= 0.3 is 0 Å². The number of imidazole rings is 1. The third-order valence-corrected chi connectivity index (χ3v) is 3.11. The molecule has 0 bridgehead atoms. The number of nitrogens with zero attached hydrogens (tertiary/aromatic N) is 5. The highest BCUT2D eigenvalue weighted by Crippen LogP contribution is 2.22. The third kappa shape index (κ3) is 3.21. The van der Waals surface area contributed by atoms with Gasteiger partial charge in [0.1, 0.15) is 5.52 Å². The lowest BCUT2D eigenvalue weighted by Gasteiger charge is -2.24. The van der Waals surface area contributed by atoms with E-state index in [4.69, 9.17) is 0 Å². The quantitative estimate of drug-likeness (QED) is 0.814. The highest BCUT2D eigenvalue weighted by molar-refractivity contribution is 5.88. The van der Waals surface area contributed by atoms with Crippen molar-refractivity contribution in [1.29, 1.82) is 0 Å². The van der Waals surface area contributed by atoms with E-state index >= 15 is 0 Å². The van der Waals surface area contributed by atoms with E-state index in [0.29, 0.717) is 17.4 Å². The van der Waals surface area contributed by atoms with E-state index in [9.17, 15) is 4.79 Å². The highest BCUT2D eigenvalue weighted by Gasteiger charge is 2.19. The SMILES string of the molecule is CCCN(CC(=O)N(C)C)c1nc(NC)nc2nc[nH]c12. The van der Waals surface area contributed by atoms with Crippen molar-refractivity contribution >= 4 is 28.8 Å². The molecule has 0 radical (unpaired) electrons. The van der Waals surface area contributed by atoms with Crippen LogP contribution >= 0.6 is 0 Å². The first kappa shape index (κ1) is 15.0. The van der Waals surface area contributed by atoms with Crippen molar-refractivity contribution in [3.63, 3.8) is 0 Å². The van der Waals surface area contributed by atoms with Crippen molar-refractivity contribution in [3.8, 4) is 0 Å². The molecule has 0 aliphatic heterocycles. The van der Waals surface area contributed by atoms with Crippen molar-refractivity contribution < 1.29 is 4.79 Å². The molecule has 8 heteroatoms. The number of anilines is 2. The van der Waals surface area contributed by atoms with E-state index < -0.39 is 0 Å². The lowest BCUT2D eigenvalue weighted by molar-refractivity contribution is -0.127. The molecule has 0 atom stereocenters. The minimum absolute atomic E-state index is 0.0285. The maximum Gasteiger partial charge on any atom is 0.241 e. The van der Waals surface area contributed by atoms with Crippen LogP contribution in [-0.2, 0) is 4.79 Å². The lowest BCUT2D eigenvalue weighted by atomic mass is 10.3. The summed E-state index contributed by atoms with van der Waals surface area (Å²) in [5.74, 6) is 1.21. The Balaban J connectivity index is 2.43. The molecule has 0 saturated carbocycles. The van der Waals surface area contributed by atoms with Crippen molar-refractivity contribution in [2.45, 2.75) is 13.3 Å². The monoisotopic (exact) mass is 291 g/mol. The molecule has 0 fully saturated rings. The fourth-order valence-electron chi connectivity index (χ4n) is 1.99. The summed E-state index contributed by atoms with van der Waals surface area (Å²) in [7, 11) is 5.25. The molecule has 114 valence electrons. The van der Waals surface area contributed by atoms with Gasteiger partial charge in [-0.25, -0.2) is 4.98 Å². The van der Waals surface area contributed by atoms with Crippen molar-refractivity contribution in [3.05, 3.63) is 6.33 Å². The van der Waals surface area contributed by atoms with Gasteiger partial charge in [0.15, 0.2) is 11.5 Å². The average Bonchev–Trinajstić information content (AvgIpc) is 2.93. The molecule has 2 N–H and O–H groups in total. The zero-order chi connectivity index (χ0) is 15.4. The van der Waals surface area contributed by atoms with E-state index in [-0.39, 0.29) is 12.5 Å². The fraction of sp³-hybridized carbons (Fsp3) is 0.538. The van der Waals surface area contributed by atoms with Gasteiger partial charge in [-0.15, -0.1) is 0 Å². The predicted octanol–water partition coefficient (Wildman–Crippen LogP) is 0.699. The van der Waals surface area contributed by atoms with Gasteiger partial charge in [-0.2, -0.15) is 9.97 Å². The number of likely N-dealkylation sites (N-methyl/N-ethyl adjacent to an activating group) is 1. The molecule has 8 nitrogen and oxygen atoms in total. The Labute approximate surface area is 123 Å². The Morgan fingerprint density at radius 3 is 2.76 bits per heavy atom. The standard InChI is InChI=1S/C13H21N7O/c1-5-6-20(7-9(21)19(3)4)12-10-11(16-8-15-10)17-13(14-2)18-12/h8H,5-7H2,1-4H3,(H2,14,15,16,17,18). The van der Waals surface area contributed by atoms with Crippen molar-refractivity contribution in [2.75, 3.05) is 44.4 Å². The molecule has 0 aromatic carbocycles. The van der Waals surface area contributed by atoms with Crippen LogP contribution in [-0.4, -0.2) is 65.0 Å². The summed E-state index contributed by atoms with van der Waals surface area (Å²) in [6.07, 6.45) is 2.50. The van der Waals surface area contributed by atoms with Gasteiger partial charge in [0.05, 0.1) is 12.9 Å². The molecule has 2 rings (SSSR count). The maximum absolute atomic E-state index is 12.0. The van der Waals surface area contributed by atoms with Gasteiger partial charge in [-0.1, -0.05) is 6.92 Å². The molecule has 0 saturated heterocycles. The Hall–Kier alpha value is -2.38. The molecule has 0 aliphatic carbocycles. The van der Waals surface area contributed by atoms with Crippen LogP contribution in [0.3, 0.4) is 0 Å². The normalized spacial score (nSPS) is 10.7. The second-order valence-electron chi connectivity index (χ2n) is 4.93. The van der Waals surface area contributed by atoms with Gasteiger partial charge in [0.2, 0.25) is 11.9 Å². The first-order chi connectivity index (χ1) is 10.1. The summed E-state index contributed by atoms with van der Waals surface area (Å²) >= 11 is 0. The number of carbonyl (C=O) groups excluding carboxylic acids is 1. The zero-order valence-corrected chi connectivity index (χ0v) is 12.8. The molecule has 2 aromatic rings. The van der Waals surface area contributed by atoms with Gasteiger partial charge in [-0.05, 0) is 6.42 Å². The summed E-state index contributed by atoms with van der Waals surface area (Å²) in [5.41, 5.74) is 1.33. The molecule has 21 heavy (non-hydrogen) atoms. The lowest BCUT2D eigenvalue weighted by Crippen LogP contribution is -2.37. The zero-order valence-electron chi connectivity index (χ0n) is 12.8. The van der Waals surface area contributed by atoms with Gasteiger partial charge < -0.3 is 20.1 Å². The first-order valence-corrected chi connectivity index (χ1v) is 6.90. The van der Waals surface area contributed by atoms with Crippen LogP contribution in [0.25, 0.3) is 11.2 Å². The number of H-pyrrole nitrogens is 1.